The summed E-state index contributed by atoms with van der Waals surface area (Å²) in [7, 11) is 0. The molecule has 0 aromatic carbocycles. The van der Waals surface area contributed by atoms with Crippen LogP contribution in [0.1, 0.15) is 25.7 Å². The number of aromatic nitrogens is 1. The zero-order valence-electron chi connectivity index (χ0n) is 11.1. The molecule has 4 nitrogen and oxygen atoms in total. The smallest absolute Gasteiger partial charge is 0.225 e. The van der Waals surface area contributed by atoms with E-state index in [2.05, 4.69) is 15.6 Å². The van der Waals surface area contributed by atoms with Gasteiger partial charge in [0.15, 0.2) is 0 Å². The van der Waals surface area contributed by atoms with Crippen molar-refractivity contribution < 1.29 is 9.18 Å². The maximum atomic E-state index is 12.6. The molecule has 0 unspecified atom stereocenters. The summed E-state index contributed by atoms with van der Waals surface area (Å²) in [6.07, 6.45) is 4.80. The molecule has 0 radical (unpaired) electrons. The molecule has 0 spiro atoms. The van der Waals surface area contributed by atoms with E-state index in [-0.39, 0.29) is 30.7 Å². The van der Waals surface area contributed by atoms with Gasteiger partial charge in [-0.2, -0.15) is 0 Å². The number of pyridine rings is 1. The molecule has 0 bridgehead atoms. The Bertz CT molecular complexity index is 397. The van der Waals surface area contributed by atoms with Crippen LogP contribution in [-0.2, 0) is 4.79 Å². The number of carbonyl (C=O) groups is 1. The first-order valence-corrected chi connectivity index (χ1v) is 6.36. The third kappa shape index (κ3) is 6.50. The number of piperidine rings is 1. The van der Waals surface area contributed by atoms with Gasteiger partial charge in [0.25, 0.3) is 0 Å². The lowest BCUT2D eigenvalue weighted by Crippen LogP contribution is -2.28. The highest BCUT2D eigenvalue weighted by atomic mass is 35.5. The van der Waals surface area contributed by atoms with Crippen molar-refractivity contribution in [2.24, 2.45) is 5.92 Å². The number of hydrogen-bond donors (Lipinski definition) is 2. The summed E-state index contributed by atoms with van der Waals surface area (Å²) < 4.78 is 12.6. The van der Waals surface area contributed by atoms with Crippen LogP contribution in [0.25, 0.3) is 0 Å². The summed E-state index contributed by atoms with van der Waals surface area (Å²) in [5.74, 6) is 0.597. The topological polar surface area (TPSA) is 54.0 Å². The SMILES string of the molecule is Cl.Cl.O=C(CCC1CCNCC1)Nc1ccc(F)cn1. The van der Waals surface area contributed by atoms with Gasteiger partial charge in [0, 0.05) is 6.42 Å². The first-order chi connectivity index (χ1) is 8.74. The van der Waals surface area contributed by atoms with Gasteiger partial charge >= 0.3 is 0 Å². The number of nitrogens with one attached hydrogen (secondary N) is 2. The van der Waals surface area contributed by atoms with Crippen LogP contribution in [0.4, 0.5) is 10.2 Å². The molecule has 7 heteroatoms. The highest BCUT2D eigenvalue weighted by Gasteiger charge is 2.14. The van der Waals surface area contributed by atoms with E-state index in [1.165, 1.54) is 12.1 Å². The molecule has 0 atom stereocenters. The fraction of sp³-hybridized carbons (Fsp3) is 0.538. The Balaban J connectivity index is 0.00000180. The molecule has 2 N–H and O–H groups in total. The third-order valence-corrected chi connectivity index (χ3v) is 3.23. The van der Waals surface area contributed by atoms with E-state index in [9.17, 15) is 9.18 Å². The Kier molecular flexibility index (Phi) is 9.46. The zero-order valence-corrected chi connectivity index (χ0v) is 12.7. The number of halogens is 3. The van der Waals surface area contributed by atoms with Crippen LogP contribution >= 0.6 is 24.8 Å². The van der Waals surface area contributed by atoms with Gasteiger partial charge in [-0.15, -0.1) is 24.8 Å². The van der Waals surface area contributed by atoms with Crippen molar-refractivity contribution in [3.05, 3.63) is 24.1 Å². The molecule has 2 heterocycles. The Labute approximate surface area is 130 Å². The van der Waals surface area contributed by atoms with Crippen LogP contribution in [0.2, 0.25) is 0 Å². The minimum absolute atomic E-state index is 0. The summed E-state index contributed by atoms with van der Waals surface area (Å²) in [6.45, 7) is 2.09. The predicted molar refractivity (Wildman–Crippen MR) is 82.1 cm³/mol. The average Bonchev–Trinajstić information content (AvgIpc) is 2.40. The van der Waals surface area contributed by atoms with Crippen LogP contribution < -0.4 is 10.6 Å². The number of hydrogen-bond acceptors (Lipinski definition) is 3. The van der Waals surface area contributed by atoms with Crippen molar-refractivity contribution in [2.45, 2.75) is 25.7 Å². The predicted octanol–water partition coefficient (Wildman–Crippen LogP) is 2.78. The van der Waals surface area contributed by atoms with E-state index >= 15 is 0 Å². The molecule has 1 aliphatic heterocycles. The minimum atomic E-state index is -0.400. The number of nitrogens with zero attached hydrogens (tertiary/aromatic N) is 1. The van der Waals surface area contributed by atoms with Crippen molar-refractivity contribution in [3.8, 4) is 0 Å². The van der Waals surface area contributed by atoms with Crippen LogP contribution in [0.5, 0.6) is 0 Å². The highest BCUT2D eigenvalue weighted by molar-refractivity contribution is 5.89. The second-order valence-electron chi connectivity index (χ2n) is 4.64. The number of anilines is 1. The number of carbonyl (C=O) groups excluding carboxylic acids is 1. The standard InChI is InChI=1S/C13H18FN3O.2ClH/c14-11-2-3-12(16-9-11)17-13(18)4-1-10-5-7-15-8-6-10;;/h2-3,9-10,15H,1,4-8H2,(H,16,17,18);2*1H. The van der Waals surface area contributed by atoms with E-state index < -0.39 is 5.82 Å². The van der Waals surface area contributed by atoms with Crippen LogP contribution in [0.3, 0.4) is 0 Å². The van der Waals surface area contributed by atoms with Crippen molar-refractivity contribution in [2.75, 3.05) is 18.4 Å². The van der Waals surface area contributed by atoms with Crippen LogP contribution in [0, 0.1) is 11.7 Å². The maximum absolute atomic E-state index is 12.6. The molecule has 1 amide bonds. The lowest BCUT2D eigenvalue weighted by atomic mass is 9.93. The molecular formula is C13H20Cl2FN3O. The van der Waals surface area contributed by atoms with Crippen molar-refractivity contribution in [1.29, 1.82) is 0 Å². The van der Waals surface area contributed by atoms with Gasteiger partial charge in [-0.25, -0.2) is 9.37 Å². The normalized spacial score (nSPS) is 14.8. The summed E-state index contributed by atoms with van der Waals surface area (Å²) in [6, 6.07) is 2.76. The molecular weight excluding hydrogens is 304 g/mol. The molecule has 20 heavy (non-hydrogen) atoms. The van der Waals surface area contributed by atoms with E-state index in [1.807, 2.05) is 0 Å². The Morgan fingerprint density at radius 3 is 2.65 bits per heavy atom. The van der Waals surface area contributed by atoms with E-state index in [4.69, 9.17) is 0 Å². The fourth-order valence-corrected chi connectivity index (χ4v) is 2.16. The molecule has 2 rings (SSSR count). The molecule has 1 aliphatic rings. The summed E-state index contributed by atoms with van der Waals surface area (Å²) in [5, 5.41) is 5.98. The Hall–Kier alpha value is -0.910. The zero-order chi connectivity index (χ0) is 12.8. The highest BCUT2D eigenvalue weighted by Crippen LogP contribution is 2.18. The molecule has 1 aromatic heterocycles. The second-order valence-corrected chi connectivity index (χ2v) is 4.64. The number of rotatable bonds is 4. The molecule has 0 aliphatic carbocycles. The van der Waals surface area contributed by atoms with Crippen molar-refractivity contribution in [1.82, 2.24) is 10.3 Å². The van der Waals surface area contributed by atoms with Gasteiger partial charge < -0.3 is 10.6 Å². The Morgan fingerprint density at radius 1 is 1.35 bits per heavy atom. The second kappa shape index (κ2) is 9.91. The summed E-state index contributed by atoms with van der Waals surface area (Å²) >= 11 is 0. The van der Waals surface area contributed by atoms with Crippen LogP contribution in [0.15, 0.2) is 18.3 Å². The molecule has 0 saturated carbocycles. The average molecular weight is 324 g/mol. The first-order valence-electron chi connectivity index (χ1n) is 6.36. The van der Waals surface area contributed by atoms with Crippen molar-refractivity contribution >= 4 is 36.5 Å². The first kappa shape index (κ1) is 19.1. The largest absolute Gasteiger partial charge is 0.317 e. The van der Waals surface area contributed by atoms with Gasteiger partial charge in [-0.3, -0.25) is 4.79 Å². The molecule has 1 fully saturated rings. The maximum Gasteiger partial charge on any atom is 0.225 e. The Morgan fingerprint density at radius 2 is 2.05 bits per heavy atom. The molecule has 1 saturated heterocycles. The minimum Gasteiger partial charge on any atom is -0.317 e. The van der Waals surface area contributed by atoms with E-state index in [0.29, 0.717) is 18.2 Å². The van der Waals surface area contributed by atoms with Gasteiger partial charge in [-0.05, 0) is 50.4 Å². The molecule has 1 aromatic rings. The van der Waals surface area contributed by atoms with Gasteiger partial charge in [0.1, 0.15) is 11.6 Å². The molecule has 114 valence electrons. The summed E-state index contributed by atoms with van der Waals surface area (Å²) in [5.41, 5.74) is 0. The quantitative estimate of drug-likeness (QED) is 0.895. The van der Waals surface area contributed by atoms with Crippen molar-refractivity contribution in [3.63, 3.8) is 0 Å². The van der Waals surface area contributed by atoms with Crippen LogP contribution in [-0.4, -0.2) is 24.0 Å². The monoisotopic (exact) mass is 323 g/mol. The van der Waals surface area contributed by atoms with Gasteiger partial charge in [0.05, 0.1) is 6.20 Å². The van der Waals surface area contributed by atoms with Gasteiger partial charge in [-0.1, -0.05) is 0 Å². The fourth-order valence-electron chi connectivity index (χ4n) is 2.16. The lowest BCUT2D eigenvalue weighted by molar-refractivity contribution is -0.116. The summed E-state index contributed by atoms with van der Waals surface area (Å²) in [4.78, 5) is 15.5. The van der Waals surface area contributed by atoms with E-state index in [1.54, 1.807) is 0 Å². The lowest BCUT2D eigenvalue weighted by Gasteiger charge is -2.22. The third-order valence-electron chi connectivity index (χ3n) is 3.23. The van der Waals surface area contributed by atoms with Gasteiger partial charge in [0.2, 0.25) is 5.91 Å². The number of amides is 1. The van der Waals surface area contributed by atoms with E-state index in [0.717, 1.165) is 38.5 Å².